The summed E-state index contributed by atoms with van der Waals surface area (Å²) in [7, 11) is 0. The van der Waals surface area contributed by atoms with E-state index in [1.165, 1.54) is 0 Å². The molecule has 1 atom stereocenters. The second-order valence-electron chi connectivity index (χ2n) is 3.40. The molecule has 0 aromatic heterocycles. The second kappa shape index (κ2) is 3.33. The zero-order valence-corrected chi connectivity index (χ0v) is 7.38. The van der Waals surface area contributed by atoms with Crippen LogP contribution in [0.3, 0.4) is 0 Å². The molecule has 2 aliphatic heterocycles. The largest absolute Gasteiger partial charge is 0.355 e. The summed E-state index contributed by atoms with van der Waals surface area (Å²) in [5.41, 5.74) is 0. The summed E-state index contributed by atoms with van der Waals surface area (Å²) in [5.74, 6) is -0.0344. The van der Waals surface area contributed by atoms with Crippen molar-refractivity contribution in [1.82, 2.24) is 15.5 Å². The van der Waals surface area contributed by atoms with Crippen molar-refractivity contribution in [3.63, 3.8) is 0 Å². The molecule has 0 aromatic carbocycles. The van der Waals surface area contributed by atoms with Crippen molar-refractivity contribution in [3.05, 3.63) is 0 Å². The minimum atomic E-state index is -0.240. The molecule has 72 valence electrons. The number of amides is 2. The molecule has 2 rings (SSSR count). The van der Waals surface area contributed by atoms with Gasteiger partial charge in [-0.25, -0.2) is 0 Å². The lowest BCUT2D eigenvalue weighted by molar-refractivity contribution is -0.132. The second-order valence-corrected chi connectivity index (χ2v) is 3.40. The number of hydrogen-bond acceptors (Lipinski definition) is 3. The van der Waals surface area contributed by atoms with E-state index in [9.17, 15) is 9.59 Å². The summed E-state index contributed by atoms with van der Waals surface area (Å²) in [4.78, 5) is 24.6. The van der Waals surface area contributed by atoms with Crippen LogP contribution >= 0.6 is 0 Å². The highest BCUT2D eigenvalue weighted by Crippen LogP contribution is 2.10. The number of nitrogens with one attached hydrogen (secondary N) is 2. The molecule has 0 bridgehead atoms. The Balaban J connectivity index is 2.12. The Kier molecular flexibility index (Phi) is 2.18. The van der Waals surface area contributed by atoms with Crippen LogP contribution in [0.25, 0.3) is 0 Å². The molecule has 2 fully saturated rings. The third kappa shape index (κ3) is 1.65. The minimum Gasteiger partial charge on any atom is -0.355 e. The van der Waals surface area contributed by atoms with Crippen LogP contribution in [0.2, 0.25) is 0 Å². The van der Waals surface area contributed by atoms with Crippen molar-refractivity contribution < 1.29 is 9.59 Å². The maximum Gasteiger partial charge on any atom is 0.237 e. The van der Waals surface area contributed by atoms with Crippen molar-refractivity contribution in [2.75, 3.05) is 26.2 Å². The van der Waals surface area contributed by atoms with Crippen LogP contribution in [-0.2, 0) is 9.59 Å². The van der Waals surface area contributed by atoms with Crippen LogP contribution in [0.4, 0.5) is 0 Å². The van der Waals surface area contributed by atoms with E-state index >= 15 is 0 Å². The summed E-state index contributed by atoms with van der Waals surface area (Å²) < 4.78 is 0. The average molecular weight is 183 g/mol. The third-order valence-electron chi connectivity index (χ3n) is 2.54. The van der Waals surface area contributed by atoms with Crippen LogP contribution in [0.5, 0.6) is 0 Å². The van der Waals surface area contributed by atoms with E-state index < -0.39 is 0 Å². The van der Waals surface area contributed by atoms with Gasteiger partial charge in [0.2, 0.25) is 11.8 Å². The Morgan fingerprint density at radius 1 is 1.15 bits per heavy atom. The van der Waals surface area contributed by atoms with Gasteiger partial charge in [-0.15, -0.1) is 0 Å². The zero-order chi connectivity index (χ0) is 9.26. The fourth-order valence-electron chi connectivity index (χ4n) is 1.84. The van der Waals surface area contributed by atoms with Gasteiger partial charge in [0.05, 0.1) is 12.5 Å². The van der Waals surface area contributed by atoms with Gasteiger partial charge in [0.25, 0.3) is 0 Å². The fraction of sp³-hybridized carbons (Fsp3) is 0.750. The van der Waals surface area contributed by atoms with Gasteiger partial charge in [-0.05, 0) is 0 Å². The molecule has 2 saturated heterocycles. The van der Waals surface area contributed by atoms with Crippen molar-refractivity contribution in [2.45, 2.75) is 12.5 Å². The van der Waals surface area contributed by atoms with Gasteiger partial charge in [0, 0.05) is 26.2 Å². The lowest BCUT2D eigenvalue weighted by atomic mass is 10.1. The first-order chi connectivity index (χ1) is 6.27. The lowest BCUT2D eigenvalue weighted by Gasteiger charge is -2.32. The van der Waals surface area contributed by atoms with Gasteiger partial charge < -0.3 is 10.6 Å². The minimum absolute atomic E-state index is 0.0108. The molecule has 0 unspecified atom stereocenters. The lowest BCUT2D eigenvalue weighted by Crippen LogP contribution is -2.55. The van der Waals surface area contributed by atoms with Crippen molar-refractivity contribution in [1.29, 1.82) is 0 Å². The Bertz CT molecular complexity index is 242. The van der Waals surface area contributed by atoms with Crippen LogP contribution in [0, 0.1) is 0 Å². The molecule has 0 aromatic rings. The van der Waals surface area contributed by atoms with Crippen LogP contribution in [0.1, 0.15) is 6.42 Å². The molecule has 2 N–H and O–H groups in total. The molecule has 0 saturated carbocycles. The number of piperazine rings is 1. The monoisotopic (exact) mass is 183 g/mol. The van der Waals surface area contributed by atoms with Gasteiger partial charge in [-0.2, -0.15) is 0 Å². The topological polar surface area (TPSA) is 61.4 Å². The van der Waals surface area contributed by atoms with E-state index in [2.05, 4.69) is 15.5 Å². The molecule has 5 nitrogen and oxygen atoms in total. The molecular weight excluding hydrogens is 170 g/mol. The predicted molar refractivity (Wildman–Crippen MR) is 46.0 cm³/mol. The van der Waals surface area contributed by atoms with Crippen molar-refractivity contribution in [3.8, 4) is 0 Å². The predicted octanol–water partition coefficient (Wildman–Crippen LogP) is -1.69. The van der Waals surface area contributed by atoms with Crippen LogP contribution in [0.15, 0.2) is 0 Å². The first kappa shape index (κ1) is 8.50. The maximum atomic E-state index is 11.4. The SMILES string of the molecule is O=C1C[C@@H]2C(=O)NCCN2CCN1. The van der Waals surface area contributed by atoms with Gasteiger partial charge in [-0.3, -0.25) is 14.5 Å². The molecule has 0 radical (unpaired) electrons. The molecule has 2 aliphatic rings. The quantitative estimate of drug-likeness (QED) is 0.471. The Hall–Kier alpha value is -1.10. The van der Waals surface area contributed by atoms with Gasteiger partial charge in [0.15, 0.2) is 0 Å². The molecule has 0 aliphatic carbocycles. The summed E-state index contributed by atoms with van der Waals surface area (Å²) in [5, 5.41) is 5.53. The number of hydrogen-bond donors (Lipinski definition) is 2. The molecule has 13 heavy (non-hydrogen) atoms. The van der Waals surface area contributed by atoms with Gasteiger partial charge >= 0.3 is 0 Å². The highest BCUT2D eigenvalue weighted by Gasteiger charge is 2.32. The molecular formula is C8H13N3O2. The van der Waals surface area contributed by atoms with Gasteiger partial charge in [0.1, 0.15) is 0 Å². The van der Waals surface area contributed by atoms with E-state index in [0.717, 1.165) is 13.1 Å². The van der Waals surface area contributed by atoms with E-state index in [-0.39, 0.29) is 17.9 Å². The van der Waals surface area contributed by atoms with E-state index in [1.807, 2.05) is 0 Å². The zero-order valence-electron chi connectivity index (χ0n) is 7.38. The molecule has 0 spiro atoms. The Morgan fingerprint density at radius 3 is 2.62 bits per heavy atom. The van der Waals surface area contributed by atoms with Crippen molar-refractivity contribution in [2.24, 2.45) is 0 Å². The highest BCUT2D eigenvalue weighted by atomic mass is 16.2. The Morgan fingerprint density at radius 2 is 1.85 bits per heavy atom. The smallest absolute Gasteiger partial charge is 0.237 e. The highest BCUT2D eigenvalue weighted by molar-refractivity contribution is 5.89. The van der Waals surface area contributed by atoms with Crippen molar-refractivity contribution >= 4 is 11.8 Å². The van der Waals surface area contributed by atoms with Crippen LogP contribution in [-0.4, -0.2) is 48.9 Å². The summed E-state index contributed by atoms with van der Waals surface area (Å²) in [6, 6.07) is -0.240. The Labute approximate surface area is 76.5 Å². The maximum absolute atomic E-state index is 11.4. The number of rotatable bonds is 0. The number of nitrogens with zero attached hydrogens (tertiary/aromatic N) is 1. The summed E-state index contributed by atoms with van der Waals surface area (Å²) in [6.07, 6.45) is 0.297. The van der Waals surface area contributed by atoms with E-state index in [0.29, 0.717) is 19.5 Å². The molecule has 5 heteroatoms. The standard InChI is InChI=1S/C8H13N3O2/c12-7-5-6-8(13)10-2-4-11(6)3-1-9-7/h6H,1-5H2,(H,9,12)(H,10,13)/t6-/m1/s1. The number of carbonyl (C=O) groups excluding carboxylic acids is 2. The van der Waals surface area contributed by atoms with E-state index in [1.54, 1.807) is 0 Å². The molecule has 2 amide bonds. The third-order valence-corrected chi connectivity index (χ3v) is 2.54. The molecule has 2 heterocycles. The summed E-state index contributed by atoms with van der Waals surface area (Å²) >= 11 is 0. The fourth-order valence-corrected chi connectivity index (χ4v) is 1.84. The first-order valence-electron chi connectivity index (χ1n) is 4.56. The average Bonchev–Trinajstić information content (AvgIpc) is 2.28. The first-order valence-corrected chi connectivity index (χ1v) is 4.56. The summed E-state index contributed by atoms with van der Waals surface area (Å²) in [6.45, 7) is 2.99. The van der Waals surface area contributed by atoms with Crippen LogP contribution < -0.4 is 10.6 Å². The number of fused-ring (bicyclic) bond motifs is 1. The van der Waals surface area contributed by atoms with Gasteiger partial charge in [-0.1, -0.05) is 0 Å². The normalized spacial score (nSPS) is 30.0. The van der Waals surface area contributed by atoms with E-state index in [4.69, 9.17) is 0 Å². The number of carbonyl (C=O) groups is 2.